The van der Waals surface area contributed by atoms with E-state index >= 15 is 0 Å². The van der Waals surface area contributed by atoms with Crippen LogP contribution in [0.2, 0.25) is 18.1 Å². The molecule has 0 saturated carbocycles. The number of hydrogen-bond donors (Lipinski definition) is 0. The Bertz CT molecular complexity index is 692. The molecule has 0 N–H and O–H groups in total. The smallest absolute Gasteiger partial charge is 0.417 e. The fourth-order valence-electron chi connectivity index (χ4n) is 2.21. The van der Waals surface area contributed by atoms with E-state index < -0.39 is 14.1 Å². The lowest BCUT2D eigenvalue weighted by Gasteiger charge is -2.36. The molecule has 0 fully saturated rings. The standard InChI is InChI=1S/C19H28O4Si/c1-19(2,3)24(4,5)21-14-10-9-13-16-17(23-18(20)22-16)15-11-7-6-8-12-15/h6-8,11-12H,9-10,13-14H2,1-5H3. The maximum atomic E-state index is 11.5. The maximum absolute atomic E-state index is 11.5. The number of aryl methyl sites for hydroxylation is 1. The highest BCUT2D eigenvalue weighted by molar-refractivity contribution is 6.74. The summed E-state index contributed by atoms with van der Waals surface area (Å²) in [6.45, 7) is 12.0. The quantitative estimate of drug-likeness (QED) is 0.507. The molecule has 0 amide bonds. The zero-order valence-electron chi connectivity index (χ0n) is 15.3. The van der Waals surface area contributed by atoms with Gasteiger partial charge < -0.3 is 13.3 Å². The third-order valence-corrected chi connectivity index (χ3v) is 9.29. The molecule has 0 atom stereocenters. The minimum Gasteiger partial charge on any atom is -0.417 e. The molecule has 2 aromatic rings. The minimum absolute atomic E-state index is 0.227. The van der Waals surface area contributed by atoms with Crippen LogP contribution in [0.15, 0.2) is 44.0 Å². The topological polar surface area (TPSA) is 52.6 Å². The minimum atomic E-state index is -1.69. The highest BCUT2D eigenvalue weighted by Crippen LogP contribution is 2.36. The summed E-state index contributed by atoms with van der Waals surface area (Å²) in [5.74, 6) is 0.533. The molecule has 0 radical (unpaired) electrons. The van der Waals surface area contributed by atoms with Gasteiger partial charge in [0, 0.05) is 18.6 Å². The van der Waals surface area contributed by atoms with Gasteiger partial charge in [-0.3, -0.25) is 0 Å². The predicted molar refractivity (Wildman–Crippen MR) is 98.8 cm³/mol. The van der Waals surface area contributed by atoms with Gasteiger partial charge in [0.1, 0.15) is 0 Å². The van der Waals surface area contributed by atoms with E-state index in [1.54, 1.807) is 0 Å². The molecule has 2 rings (SSSR count). The van der Waals surface area contributed by atoms with Crippen LogP contribution < -0.4 is 5.82 Å². The van der Waals surface area contributed by atoms with Crippen molar-refractivity contribution >= 4 is 8.32 Å². The summed E-state index contributed by atoms with van der Waals surface area (Å²) >= 11 is 0. The fourth-order valence-corrected chi connectivity index (χ4v) is 3.30. The summed E-state index contributed by atoms with van der Waals surface area (Å²) in [5, 5.41) is 0.227. The van der Waals surface area contributed by atoms with Gasteiger partial charge in [-0.05, 0) is 31.0 Å². The van der Waals surface area contributed by atoms with Crippen molar-refractivity contribution in [3.8, 4) is 11.3 Å². The second-order valence-electron chi connectivity index (χ2n) is 7.64. The van der Waals surface area contributed by atoms with Gasteiger partial charge in [-0.2, -0.15) is 0 Å². The molecule has 0 spiro atoms. The second kappa shape index (κ2) is 7.53. The molecule has 0 aliphatic heterocycles. The first-order valence-electron chi connectivity index (χ1n) is 8.53. The number of hydrogen-bond acceptors (Lipinski definition) is 4. The van der Waals surface area contributed by atoms with Gasteiger partial charge in [-0.15, -0.1) is 0 Å². The van der Waals surface area contributed by atoms with E-state index in [-0.39, 0.29) is 5.04 Å². The summed E-state index contributed by atoms with van der Waals surface area (Å²) in [7, 11) is -1.69. The zero-order chi connectivity index (χ0) is 17.8. The van der Waals surface area contributed by atoms with Crippen LogP contribution >= 0.6 is 0 Å². The van der Waals surface area contributed by atoms with Crippen LogP contribution in [0.5, 0.6) is 0 Å². The van der Waals surface area contributed by atoms with Crippen LogP contribution in [0.1, 0.15) is 39.4 Å². The van der Waals surface area contributed by atoms with Crippen LogP contribution in [0.25, 0.3) is 11.3 Å². The molecule has 0 aliphatic rings. The third kappa shape index (κ3) is 4.71. The molecule has 1 heterocycles. The monoisotopic (exact) mass is 348 g/mol. The Hall–Kier alpha value is -1.59. The van der Waals surface area contributed by atoms with E-state index in [1.807, 2.05) is 30.3 Å². The van der Waals surface area contributed by atoms with E-state index in [2.05, 4.69) is 33.9 Å². The second-order valence-corrected chi connectivity index (χ2v) is 12.4. The molecule has 0 unspecified atom stereocenters. The Kier molecular flexibility index (Phi) is 5.88. The lowest BCUT2D eigenvalue weighted by atomic mass is 10.1. The molecule has 0 aliphatic carbocycles. The van der Waals surface area contributed by atoms with E-state index in [4.69, 9.17) is 13.3 Å². The number of rotatable bonds is 7. The Balaban J connectivity index is 1.89. The lowest BCUT2D eigenvalue weighted by molar-refractivity contribution is 0.277. The van der Waals surface area contributed by atoms with Crippen molar-refractivity contribution in [1.29, 1.82) is 0 Å². The molecule has 0 saturated heterocycles. The summed E-state index contributed by atoms with van der Waals surface area (Å²) in [4.78, 5) is 11.5. The van der Waals surface area contributed by atoms with Gasteiger partial charge in [-0.25, -0.2) is 4.79 Å². The molecule has 24 heavy (non-hydrogen) atoms. The maximum Gasteiger partial charge on any atom is 0.519 e. The summed E-state index contributed by atoms with van der Waals surface area (Å²) < 4.78 is 16.6. The van der Waals surface area contributed by atoms with Gasteiger partial charge in [0.15, 0.2) is 19.8 Å². The fraction of sp³-hybridized carbons (Fsp3) is 0.526. The summed E-state index contributed by atoms with van der Waals surface area (Å²) in [6, 6.07) is 9.59. The SMILES string of the molecule is CC(C)(C)[Si](C)(C)OCCCCc1oc(=O)oc1-c1ccccc1. The van der Waals surface area contributed by atoms with Crippen LogP contribution in [0.3, 0.4) is 0 Å². The van der Waals surface area contributed by atoms with E-state index in [0.717, 1.165) is 25.0 Å². The Morgan fingerprint density at radius 2 is 1.71 bits per heavy atom. The van der Waals surface area contributed by atoms with Crippen molar-refractivity contribution in [2.24, 2.45) is 0 Å². The molecular formula is C19H28O4Si. The Labute approximate surface area is 145 Å². The van der Waals surface area contributed by atoms with E-state index in [9.17, 15) is 4.79 Å². The molecule has 1 aromatic heterocycles. The normalized spacial score (nSPS) is 12.5. The predicted octanol–water partition coefficient (Wildman–Crippen LogP) is 5.24. The van der Waals surface area contributed by atoms with Crippen molar-refractivity contribution in [2.45, 2.75) is 58.2 Å². The van der Waals surface area contributed by atoms with Crippen LogP contribution in [-0.2, 0) is 10.8 Å². The first kappa shape index (κ1) is 18.7. The largest absolute Gasteiger partial charge is 0.519 e. The van der Waals surface area contributed by atoms with Crippen molar-refractivity contribution in [2.75, 3.05) is 6.61 Å². The van der Waals surface area contributed by atoms with Gasteiger partial charge in [0.2, 0.25) is 0 Å². The van der Waals surface area contributed by atoms with Crippen LogP contribution in [0, 0.1) is 0 Å². The van der Waals surface area contributed by atoms with Gasteiger partial charge >= 0.3 is 5.82 Å². The molecule has 132 valence electrons. The highest BCUT2D eigenvalue weighted by atomic mass is 28.4. The first-order chi connectivity index (χ1) is 11.2. The average molecular weight is 349 g/mol. The van der Waals surface area contributed by atoms with Gasteiger partial charge in [-0.1, -0.05) is 51.1 Å². The van der Waals surface area contributed by atoms with Crippen molar-refractivity contribution in [3.63, 3.8) is 0 Å². The number of unbranched alkanes of at least 4 members (excludes halogenated alkanes) is 1. The van der Waals surface area contributed by atoms with Gasteiger partial charge in [0.25, 0.3) is 0 Å². The van der Waals surface area contributed by atoms with E-state index in [0.29, 0.717) is 17.9 Å². The summed E-state index contributed by atoms with van der Waals surface area (Å²) in [6.07, 6.45) is 2.52. The molecule has 5 heteroatoms. The number of benzene rings is 1. The average Bonchev–Trinajstić information content (AvgIpc) is 2.87. The molecule has 4 nitrogen and oxygen atoms in total. The third-order valence-electron chi connectivity index (χ3n) is 4.75. The highest BCUT2D eigenvalue weighted by Gasteiger charge is 2.36. The van der Waals surface area contributed by atoms with Crippen molar-refractivity contribution < 1.29 is 13.3 Å². The van der Waals surface area contributed by atoms with E-state index in [1.165, 1.54) is 0 Å². The summed E-state index contributed by atoms with van der Waals surface area (Å²) in [5.41, 5.74) is 0.871. The Morgan fingerprint density at radius 1 is 1.04 bits per heavy atom. The zero-order valence-corrected chi connectivity index (χ0v) is 16.3. The Morgan fingerprint density at radius 3 is 2.33 bits per heavy atom. The van der Waals surface area contributed by atoms with Crippen molar-refractivity contribution in [3.05, 3.63) is 46.7 Å². The van der Waals surface area contributed by atoms with Crippen molar-refractivity contribution in [1.82, 2.24) is 0 Å². The van der Waals surface area contributed by atoms with Gasteiger partial charge in [0.05, 0.1) is 0 Å². The van der Waals surface area contributed by atoms with Crippen LogP contribution in [-0.4, -0.2) is 14.9 Å². The molecule has 1 aromatic carbocycles. The molecule has 0 bridgehead atoms. The lowest BCUT2D eigenvalue weighted by Crippen LogP contribution is -2.40. The van der Waals surface area contributed by atoms with Crippen LogP contribution in [0.4, 0.5) is 0 Å². The first-order valence-corrected chi connectivity index (χ1v) is 11.4. The molecular weight excluding hydrogens is 320 g/mol.